The van der Waals surface area contributed by atoms with Gasteiger partial charge in [-0.1, -0.05) is 0 Å². The average Bonchev–Trinajstić information content (AvgIpc) is 2.13. The molecule has 0 N–H and O–H groups in total. The molecule has 0 heterocycles. The van der Waals surface area contributed by atoms with E-state index in [1.807, 2.05) is 0 Å². The van der Waals surface area contributed by atoms with E-state index >= 15 is 0 Å². The monoisotopic (exact) mass is 326 g/mol. The van der Waals surface area contributed by atoms with Crippen LogP contribution in [-0.4, -0.2) is 112 Å². The van der Waals surface area contributed by atoms with Crippen LogP contribution in [0.4, 0.5) is 0 Å². The topological polar surface area (TPSA) is 170 Å². The number of carboxylic acids is 4. The molecule has 11 heteroatoms. The van der Waals surface area contributed by atoms with Gasteiger partial charge in [-0.25, -0.2) is 0 Å². The molecule has 0 aliphatic rings. The molecule has 0 bridgehead atoms. The number of hydrogen-bond acceptors (Lipinski definition) is 9. The molecule has 0 amide bonds. The van der Waals surface area contributed by atoms with E-state index in [1.165, 1.54) is 0 Å². The van der Waals surface area contributed by atoms with Gasteiger partial charge < -0.3 is 44.3 Å². The van der Waals surface area contributed by atoms with E-state index in [2.05, 4.69) is 4.74 Å². The zero-order chi connectivity index (χ0) is 13.6. The van der Waals surface area contributed by atoms with Gasteiger partial charge in [0.05, 0.1) is 11.9 Å². The molecule has 9 nitrogen and oxygen atoms in total. The number of rotatable bonds is 8. The van der Waals surface area contributed by atoms with Crippen molar-refractivity contribution in [1.82, 2.24) is 0 Å². The van der Waals surface area contributed by atoms with Gasteiger partial charge in [0, 0.05) is 24.8 Å². The van der Waals surface area contributed by atoms with Gasteiger partial charge in [0.1, 0.15) is 12.2 Å². The minimum Gasteiger partial charge on any atom is -0.550 e. The van der Waals surface area contributed by atoms with E-state index in [0.29, 0.717) is 0 Å². The first-order valence-electron chi connectivity index (χ1n) is 4.21. The van der Waals surface area contributed by atoms with Crippen molar-refractivity contribution in [2.24, 2.45) is 0 Å². The fourth-order valence-corrected chi connectivity index (χ4v) is 0.875. The van der Waals surface area contributed by atoms with Crippen LogP contribution in [0.3, 0.4) is 0 Å². The summed E-state index contributed by atoms with van der Waals surface area (Å²) in [5.74, 6) is -7.69. The van der Waals surface area contributed by atoms with Crippen molar-refractivity contribution in [2.75, 3.05) is 0 Å². The number of ether oxygens (including phenoxy) is 1. The minimum atomic E-state index is -2.15. The summed E-state index contributed by atoms with van der Waals surface area (Å²) in [7, 11) is 0. The fraction of sp³-hybridized carbons (Fsp3) is 0.500. The smallest absolute Gasteiger partial charge is 0.550 e. The minimum absolute atomic E-state index is 0. The fourth-order valence-electron chi connectivity index (χ4n) is 0.875. The molecule has 0 saturated carbocycles. The van der Waals surface area contributed by atoms with E-state index in [0.717, 1.165) is 0 Å². The number of aliphatic carboxylic acids is 4. The van der Waals surface area contributed by atoms with Crippen LogP contribution in [-0.2, 0) is 23.9 Å². The molecule has 2 atom stereocenters. The van der Waals surface area contributed by atoms with Crippen LogP contribution >= 0.6 is 0 Å². The Balaban J connectivity index is -0.00000128. The summed E-state index contributed by atoms with van der Waals surface area (Å²) in [6.45, 7) is 0. The van der Waals surface area contributed by atoms with Crippen LogP contribution in [0.2, 0.25) is 0 Å². The molecule has 0 saturated heterocycles. The van der Waals surface area contributed by atoms with Gasteiger partial charge in [-0.2, -0.15) is 0 Å². The number of carbonyl (C=O) groups excluding carboxylic acids is 4. The molecule has 0 fully saturated rings. The van der Waals surface area contributed by atoms with Gasteiger partial charge in [-0.15, -0.1) is 0 Å². The van der Waals surface area contributed by atoms with Crippen molar-refractivity contribution in [3.05, 3.63) is 0 Å². The second-order valence-electron chi connectivity index (χ2n) is 2.90. The summed E-state index contributed by atoms with van der Waals surface area (Å²) in [6.07, 6.45) is -6.66. The Labute approximate surface area is 166 Å². The molecule has 0 aromatic carbocycles. The molecule has 96 valence electrons. The predicted molar refractivity (Wildman–Crippen MR) is 49.4 cm³/mol. The Hall–Kier alpha value is 0.359. The maximum atomic E-state index is 10.4. The largest absolute Gasteiger partial charge is 2.00 e. The van der Waals surface area contributed by atoms with E-state index in [9.17, 15) is 39.6 Å². The van der Waals surface area contributed by atoms with Gasteiger partial charge in [0.2, 0.25) is 0 Å². The van der Waals surface area contributed by atoms with Crippen molar-refractivity contribution in [2.45, 2.75) is 25.0 Å². The first kappa shape index (κ1) is 24.4. The van der Waals surface area contributed by atoms with Gasteiger partial charge in [0.15, 0.2) is 0 Å². The van der Waals surface area contributed by atoms with Crippen LogP contribution < -0.4 is 20.4 Å². The Morgan fingerprint density at radius 3 is 1.16 bits per heavy atom. The second-order valence-corrected chi connectivity index (χ2v) is 2.90. The molecule has 0 aromatic rings. The van der Waals surface area contributed by atoms with E-state index in [4.69, 9.17) is 0 Å². The number of carboxylic acid groups (broad SMARTS) is 4. The van der Waals surface area contributed by atoms with E-state index < -0.39 is 48.9 Å². The molecule has 0 aromatic heterocycles. The van der Waals surface area contributed by atoms with Crippen molar-refractivity contribution < 1.29 is 44.3 Å². The van der Waals surface area contributed by atoms with E-state index in [-0.39, 0.29) is 75.5 Å². The summed E-state index contributed by atoms with van der Waals surface area (Å²) in [5, 5.41) is 41.0. The molecule has 0 rings (SSSR count). The maximum Gasteiger partial charge on any atom is 2.00 e. The first-order chi connectivity index (χ1) is 7.73. The summed E-state index contributed by atoms with van der Waals surface area (Å²) < 4.78 is 4.23. The Morgan fingerprint density at radius 1 is 0.737 bits per heavy atom. The summed E-state index contributed by atoms with van der Waals surface area (Å²) >= 11 is 0. The molecule has 19 heavy (non-hydrogen) atoms. The SMILES string of the molecule is O=C([O-])CC(OC(CC(=O)[O-])C(=O)[O-])C(=O)[O-].[Ca+2].[Ca+2]. The van der Waals surface area contributed by atoms with Crippen molar-refractivity contribution in [3.63, 3.8) is 0 Å². The summed E-state index contributed by atoms with van der Waals surface area (Å²) in [4.78, 5) is 41.0. The van der Waals surface area contributed by atoms with Crippen LogP contribution in [0.25, 0.3) is 0 Å². The first-order valence-corrected chi connectivity index (χ1v) is 4.21. The van der Waals surface area contributed by atoms with Gasteiger partial charge in [0.25, 0.3) is 0 Å². The normalized spacial score (nSPS) is 12.2. The second kappa shape index (κ2) is 12.1. The average molecular weight is 326 g/mol. The van der Waals surface area contributed by atoms with E-state index in [1.54, 1.807) is 0 Å². The third-order valence-corrected chi connectivity index (χ3v) is 1.56. The molecule has 0 aliphatic heterocycles. The zero-order valence-corrected chi connectivity index (χ0v) is 14.1. The van der Waals surface area contributed by atoms with Crippen molar-refractivity contribution >= 4 is 99.4 Å². The molecular weight excluding hydrogens is 320 g/mol. The van der Waals surface area contributed by atoms with Crippen molar-refractivity contribution in [1.29, 1.82) is 0 Å². The molecular formula is C8H6Ca2O9. The number of carbonyl (C=O) groups is 4. The van der Waals surface area contributed by atoms with Crippen LogP contribution in [0.1, 0.15) is 12.8 Å². The quantitative estimate of drug-likeness (QED) is 0.393. The Kier molecular flexibility index (Phi) is 15.6. The molecule has 0 radical (unpaired) electrons. The molecule has 2 unspecified atom stereocenters. The molecule has 0 aliphatic carbocycles. The van der Waals surface area contributed by atoms with Gasteiger partial charge in [-0.05, 0) is 0 Å². The maximum absolute atomic E-state index is 10.4. The Morgan fingerprint density at radius 2 is 1.00 bits per heavy atom. The van der Waals surface area contributed by atoms with Crippen molar-refractivity contribution in [3.8, 4) is 0 Å². The van der Waals surface area contributed by atoms with Crippen LogP contribution in [0.15, 0.2) is 0 Å². The van der Waals surface area contributed by atoms with Crippen LogP contribution in [0.5, 0.6) is 0 Å². The third-order valence-electron chi connectivity index (χ3n) is 1.56. The third kappa shape index (κ3) is 11.9. The predicted octanol–water partition coefficient (Wildman–Crippen LogP) is -7.24. The standard InChI is InChI=1S/C8H10O9.2Ca/c9-5(10)1-3(7(13)14)17-4(8(15)16)2-6(11)12;;/h3-4H,1-2H2,(H,9,10)(H,11,12)(H,13,14)(H,15,16);;/q;2*+2/p-4. The van der Waals surface area contributed by atoms with Gasteiger partial charge in [-0.3, -0.25) is 0 Å². The summed E-state index contributed by atoms with van der Waals surface area (Å²) in [5.41, 5.74) is 0. The van der Waals surface area contributed by atoms with Gasteiger partial charge >= 0.3 is 75.5 Å². The number of hydrogen-bond donors (Lipinski definition) is 0. The summed E-state index contributed by atoms with van der Waals surface area (Å²) in [6, 6.07) is 0. The van der Waals surface area contributed by atoms with Crippen LogP contribution in [0, 0.1) is 0 Å². The molecule has 0 spiro atoms. The Bertz CT molecular complexity index is 311. The zero-order valence-electron chi connectivity index (χ0n) is 9.66.